The zero-order chi connectivity index (χ0) is 14.1. The number of benzene rings is 2. The lowest BCUT2D eigenvalue weighted by Gasteiger charge is -1.98. The van der Waals surface area contributed by atoms with Crippen LogP contribution in [0.4, 0.5) is 0 Å². The summed E-state index contributed by atoms with van der Waals surface area (Å²) in [6, 6.07) is 16.2. The number of carboxylic acid groups (broad SMARTS) is 1. The molecule has 0 aliphatic heterocycles. The van der Waals surface area contributed by atoms with E-state index in [0.717, 1.165) is 11.4 Å². The van der Waals surface area contributed by atoms with E-state index in [-0.39, 0.29) is 0 Å². The molecule has 99 valence electrons. The van der Waals surface area contributed by atoms with Crippen LogP contribution in [0.15, 0.2) is 54.6 Å². The number of carbonyl (C=O) groups is 1. The van der Waals surface area contributed by atoms with Crippen LogP contribution in [0.2, 0.25) is 5.02 Å². The van der Waals surface area contributed by atoms with Gasteiger partial charge in [0.05, 0.1) is 5.56 Å². The van der Waals surface area contributed by atoms with Crippen molar-refractivity contribution in [1.29, 1.82) is 0 Å². The van der Waals surface area contributed by atoms with Gasteiger partial charge < -0.3 is 5.11 Å². The van der Waals surface area contributed by atoms with E-state index in [4.69, 9.17) is 16.7 Å². The van der Waals surface area contributed by atoms with Gasteiger partial charge in [-0.1, -0.05) is 54.9 Å². The minimum absolute atomic E-state index is 0.331. The van der Waals surface area contributed by atoms with E-state index in [9.17, 15) is 4.79 Å². The van der Waals surface area contributed by atoms with Gasteiger partial charge in [0.15, 0.2) is 0 Å². The molecule has 1 N–H and O–H groups in total. The molecule has 0 aliphatic carbocycles. The maximum Gasteiger partial charge on any atom is 0.335 e. The molecule has 2 aromatic rings. The van der Waals surface area contributed by atoms with Crippen LogP contribution in [-0.4, -0.2) is 11.1 Å². The van der Waals surface area contributed by atoms with Crippen molar-refractivity contribution in [3.05, 3.63) is 77.2 Å². The third-order valence-corrected chi connectivity index (χ3v) is 2.77. The molecule has 0 aliphatic rings. The third-order valence-electron chi connectivity index (χ3n) is 2.40. The van der Waals surface area contributed by atoms with Gasteiger partial charge in [-0.25, -0.2) is 4.79 Å². The van der Waals surface area contributed by atoms with Crippen molar-refractivity contribution in [2.24, 2.45) is 0 Å². The number of aromatic carboxylic acids is 1. The van der Waals surface area contributed by atoms with Gasteiger partial charge in [0.2, 0.25) is 0 Å². The molecule has 0 heterocycles. The molecular weight excluding hydrogens is 260 g/mol. The smallest absolute Gasteiger partial charge is 0.335 e. The van der Waals surface area contributed by atoms with Crippen molar-refractivity contribution < 1.29 is 9.90 Å². The fraction of sp³-hybridized carbons (Fsp3) is 0.125. The molecule has 2 rings (SSSR count). The molecule has 2 nitrogen and oxygen atoms in total. The van der Waals surface area contributed by atoms with Crippen LogP contribution in [0.5, 0.6) is 0 Å². The van der Waals surface area contributed by atoms with E-state index in [0.29, 0.717) is 5.56 Å². The first-order valence-corrected chi connectivity index (χ1v) is 6.32. The SMILES string of the molecule is C[CH]Cc1ccccc1Cl.O=C(O)c1ccccc1. The molecule has 0 bridgehead atoms. The fourth-order valence-electron chi connectivity index (χ4n) is 1.46. The minimum Gasteiger partial charge on any atom is -0.478 e. The summed E-state index contributed by atoms with van der Waals surface area (Å²) in [6.07, 6.45) is 3.06. The first-order chi connectivity index (χ1) is 9.15. The number of hydrogen-bond donors (Lipinski definition) is 1. The number of rotatable bonds is 3. The van der Waals surface area contributed by atoms with Gasteiger partial charge in [-0.05, 0) is 36.6 Å². The van der Waals surface area contributed by atoms with E-state index in [1.54, 1.807) is 30.3 Å². The Hall–Kier alpha value is -1.80. The minimum atomic E-state index is -0.879. The van der Waals surface area contributed by atoms with E-state index < -0.39 is 5.97 Å². The molecule has 0 saturated carbocycles. The quantitative estimate of drug-likeness (QED) is 0.896. The molecule has 3 heteroatoms. The molecule has 0 spiro atoms. The van der Waals surface area contributed by atoms with Crippen molar-refractivity contribution in [3.63, 3.8) is 0 Å². The maximum absolute atomic E-state index is 10.2. The Balaban J connectivity index is 0.000000191. The average Bonchev–Trinajstić information content (AvgIpc) is 2.43. The molecule has 0 unspecified atom stereocenters. The van der Waals surface area contributed by atoms with E-state index >= 15 is 0 Å². The zero-order valence-corrected chi connectivity index (χ0v) is 11.5. The summed E-state index contributed by atoms with van der Waals surface area (Å²) in [6.45, 7) is 2.03. The highest BCUT2D eigenvalue weighted by atomic mass is 35.5. The Kier molecular flexibility index (Phi) is 6.69. The monoisotopic (exact) mass is 275 g/mol. The largest absolute Gasteiger partial charge is 0.478 e. The predicted octanol–water partition coefficient (Wildman–Crippen LogP) is 4.49. The molecular formula is C16H16ClO2. The van der Waals surface area contributed by atoms with E-state index in [2.05, 4.69) is 6.42 Å². The van der Waals surface area contributed by atoms with Gasteiger partial charge in [0.25, 0.3) is 0 Å². The molecule has 0 atom stereocenters. The molecule has 0 fully saturated rings. The van der Waals surface area contributed by atoms with Gasteiger partial charge in [-0.3, -0.25) is 0 Å². The van der Waals surface area contributed by atoms with Crippen molar-refractivity contribution in [3.8, 4) is 0 Å². The standard InChI is InChI=1S/C9H10Cl.C7H6O2/c1-2-5-8-6-3-4-7-9(8)10;8-7(9)6-4-2-1-3-5-6/h2-4,6-7H,5H2,1H3;1-5H,(H,8,9). The lowest BCUT2D eigenvalue weighted by Crippen LogP contribution is -1.93. The van der Waals surface area contributed by atoms with Gasteiger partial charge in [-0.2, -0.15) is 0 Å². The lowest BCUT2D eigenvalue weighted by atomic mass is 10.1. The van der Waals surface area contributed by atoms with Crippen LogP contribution < -0.4 is 0 Å². The van der Waals surface area contributed by atoms with Crippen LogP contribution >= 0.6 is 11.6 Å². The van der Waals surface area contributed by atoms with Gasteiger partial charge in [0, 0.05) is 5.02 Å². The summed E-state index contributed by atoms with van der Waals surface area (Å²) >= 11 is 5.88. The van der Waals surface area contributed by atoms with Crippen LogP contribution in [0, 0.1) is 6.42 Å². The normalized spacial score (nSPS) is 9.37. The summed E-state index contributed by atoms with van der Waals surface area (Å²) in [7, 11) is 0. The maximum atomic E-state index is 10.2. The van der Waals surface area contributed by atoms with Crippen LogP contribution in [0.3, 0.4) is 0 Å². The Labute approximate surface area is 118 Å². The molecule has 19 heavy (non-hydrogen) atoms. The Morgan fingerprint density at radius 1 is 1.11 bits per heavy atom. The summed E-state index contributed by atoms with van der Waals surface area (Å²) < 4.78 is 0. The van der Waals surface area contributed by atoms with Crippen LogP contribution in [0.1, 0.15) is 22.8 Å². The topological polar surface area (TPSA) is 37.3 Å². The predicted molar refractivity (Wildman–Crippen MR) is 78.5 cm³/mol. The highest BCUT2D eigenvalue weighted by Crippen LogP contribution is 2.15. The molecule has 0 amide bonds. The Morgan fingerprint density at radius 3 is 2.16 bits per heavy atom. The number of hydrogen-bond acceptors (Lipinski definition) is 1. The summed E-state index contributed by atoms with van der Waals surface area (Å²) in [5.74, 6) is -0.879. The van der Waals surface area contributed by atoms with Crippen LogP contribution in [0.25, 0.3) is 0 Å². The Bertz CT molecular complexity index is 509. The van der Waals surface area contributed by atoms with Crippen molar-refractivity contribution in [1.82, 2.24) is 0 Å². The van der Waals surface area contributed by atoms with Gasteiger partial charge in [-0.15, -0.1) is 0 Å². The summed E-state index contributed by atoms with van der Waals surface area (Å²) in [4.78, 5) is 10.2. The number of carboxylic acids is 1. The van der Waals surface area contributed by atoms with Crippen LogP contribution in [-0.2, 0) is 6.42 Å². The third kappa shape index (κ3) is 5.58. The second-order valence-electron chi connectivity index (χ2n) is 3.87. The molecule has 2 aromatic carbocycles. The second kappa shape index (κ2) is 8.33. The average molecular weight is 276 g/mol. The Morgan fingerprint density at radius 2 is 1.68 bits per heavy atom. The molecule has 0 saturated heterocycles. The van der Waals surface area contributed by atoms with Crippen molar-refractivity contribution >= 4 is 17.6 Å². The first kappa shape index (κ1) is 15.3. The highest BCUT2D eigenvalue weighted by Gasteiger charge is 1.96. The van der Waals surface area contributed by atoms with E-state index in [1.165, 1.54) is 5.56 Å². The second-order valence-corrected chi connectivity index (χ2v) is 4.28. The first-order valence-electron chi connectivity index (χ1n) is 5.94. The summed E-state index contributed by atoms with van der Waals surface area (Å²) in [5.41, 5.74) is 1.53. The fourth-order valence-corrected chi connectivity index (χ4v) is 1.68. The van der Waals surface area contributed by atoms with Gasteiger partial charge >= 0.3 is 5.97 Å². The van der Waals surface area contributed by atoms with Crippen molar-refractivity contribution in [2.75, 3.05) is 0 Å². The highest BCUT2D eigenvalue weighted by molar-refractivity contribution is 6.31. The molecule has 0 aromatic heterocycles. The zero-order valence-electron chi connectivity index (χ0n) is 10.7. The molecule has 1 radical (unpaired) electrons. The summed E-state index contributed by atoms with van der Waals surface area (Å²) in [5, 5.41) is 9.25. The van der Waals surface area contributed by atoms with Crippen molar-refractivity contribution in [2.45, 2.75) is 13.3 Å². The number of halogens is 1. The lowest BCUT2D eigenvalue weighted by molar-refractivity contribution is 0.0697. The van der Waals surface area contributed by atoms with E-state index in [1.807, 2.05) is 31.2 Å². The van der Waals surface area contributed by atoms with Gasteiger partial charge in [0.1, 0.15) is 0 Å².